The van der Waals surface area contributed by atoms with Gasteiger partial charge in [-0.3, -0.25) is 4.79 Å². The van der Waals surface area contributed by atoms with Crippen molar-refractivity contribution in [3.05, 3.63) is 44.8 Å². The Hall–Kier alpha value is -1.84. The lowest BCUT2D eigenvalue weighted by atomic mass is 10.0. The predicted octanol–water partition coefficient (Wildman–Crippen LogP) is 3.56. The summed E-state index contributed by atoms with van der Waals surface area (Å²) in [7, 11) is 1.81. The van der Waals surface area contributed by atoms with E-state index < -0.39 is 0 Å². The Kier molecular flexibility index (Phi) is 5.22. The van der Waals surface area contributed by atoms with Gasteiger partial charge >= 0.3 is 0 Å². The number of amides is 1. The molecule has 1 aliphatic carbocycles. The second-order valence-corrected chi connectivity index (χ2v) is 7.72. The fourth-order valence-electron chi connectivity index (χ4n) is 2.97. The van der Waals surface area contributed by atoms with Crippen molar-refractivity contribution in [3.63, 3.8) is 0 Å². The molecular weight excluding hydrogens is 338 g/mol. The molecule has 124 valence electrons. The maximum absolute atomic E-state index is 12.4. The number of nitriles is 1. The second kappa shape index (κ2) is 7.37. The van der Waals surface area contributed by atoms with E-state index in [1.54, 1.807) is 16.2 Å². The molecule has 0 fully saturated rings. The molecule has 2 aromatic heterocycles. The highest BCUT2D eigenvalue weighted by molar-refractivity contribution is 8.00. The van der Waals surface area contributed by atoms with Crippen molar-refractivity contribution >= 4 is 29.0 Å². The highest BCUT2D eigenvalue weighted by Gasteiger charge is 2.21. The number of fused-ring (bicyclic) bond motifs is 1. The Balaban J connectivity index is 1.69. The van der Waals surface area contributed by atoms with E-state index in [2.05, 4.69) is 16.4 Å². The van der Waals surface area contributed by atoms with Crippen LogP contribution in [0.25, 0.3) is 0 Å². The number of nitrogens with zero attached hydrogens (tertiary/aromatic N) is 3. The molecule has 24 heavy (non-hydrogen) atoms. The van der Waals surface area contributed by atoms with Crippen molar-refractivity contribution in [2.24, 2.45) is 0 Å². The van der Waals surface area contributed by atoms with Gasteiger partial charge in [0.25, 0.3) is 0 Å². The maximum atomic E-state index is 12.4. The SMILES string of the molecule is Cc1c(C#N)c(SCC(=O)N(C)Cc2ccsc2)nc2c1CCC2. The number of aryl methyl sites for hydroxylation is 1. The third kappa shape index (κ3) is 3.47. The third-order valence-corrected chi connectivity index (χ3v) is 6.03. The van der Waals surface area contributed by atoms with Crippen molar-refractivity contribution in [1.29, 1.82) is 5.26 Å². The number of aromatic nitrogens is 1. The quantitative estimate of drug-likeness (QED) is 0.768. The van der Waals surface area contributed by atoms with Gasteiger partial charge in [-0.2, -0.15) is 16.6 Å². The van der Waals surface area contributed by atoms with Crippen LogP contribution >= 0.6 is 23.1 Å². The highest BCUT2D eigenvalue weighted by Crippen LogP contribution is 2.31. The van der Waals surface area contributed by atoms with Crippen molar-refractivity contribution in [1.82, 2.24) is 9.88 Å². The zero-order chi connectivity index (χ0) is 17.1. The minimum Gasteiger partial charge on any atom is -0.341 e. The molecule has 0 aliphatic heterocycles. The Labute approximate surface area is 150 Å². The summed E-state index contributed by atoms with van der Waals surface area (Å²) in [6.07, 6.45) is 3.09. The van der Waals surface area contributed by atoms with Gasteiger partial charge in [-0.15, -0.1) is 0 Å². The molecule has 0 aromatic carbocycles. The van der Waals surface area contributed by atoms with E-state index in [1.165, 1.54) is 17.3 Å². The molecule has 0 atom stereocenters. The molecule has 0 N–H and O–H groups in total. The van der Waals surface area contributed by atoms with Gasteiger partial charge in [-0.05, 0) is 59.7 Å². The van der Waals surface area contributed by atoms with Crippen LogP contribution in [0.4, 0.5) is 0 Å². The normalized spacial score (nSPS) is 12.7. The van der Waals surface area contributed by atoms with E-state index in [1.807, 2.05) is 25.4 Å². The van der Waals surface area contributed by atoms with Crippen molar-refractivity contribution in [3.8, 4) is 6.07 Å². The Morgan fingerprint density at radius 3 is 3.04 bits per heavy atom. The molecule has 3 rings (SSSR count). The lowest BCUT2D eigenvalue weighted by Crippen LogP contribution is -2.27. The van der Waals surface area contributed by atoms with E-state index in [9.17, 15) is 10.1 Å². The van der Waals surface area contributed by atoms with Crippen LogP contribution in [0.3, 0.4) is 0 Å². The summed E-state index contributed by atoms with van der Waals surface area (Å²) < 4.78 is 0. The molecule has 1 aliphatic rings. The van der Waals surface area contributed by atoms with Crippen LogP contribution in [0, 0.1) is 18.3 Å². The van der Waals surface area contributed by atoms with Crippen LogP contribution in [-0.2, 0) is 24.2 Å². The summed E-state index contributed by atoms with van der Waals surface area (Å²) in [4.78, 5) is 18.7. The van der Waals surface area contributed by atoms with E-state index in [0.717, 1.165) is 36.1 Å². The molecule has 6 heteroatoms. The minimum atomic E-state index is 0.0510. The van der Waals surface area contributed by atoms with E-state index in [0.29, 0.717) is 22.9 Å². The predicted molar refractivity (Wildman–Crippen MR) is 97.2 cm³/mol. The number of hydrogen-bond donors (Lipinski definition) is 0. The first-order valence-corrected chi connectivity index (χ1v) is 9.83. The standard InChI is InChI=1S/C18H19N3OS2/c1-12-14-4-3-5-16(14)20-18(15(12)8-19)24-11-17(22)21(2)9-13-6-7-23-10-13/h6-7,10H,3-5,9,11H2,1-2H3. The minimum absolute atomic E-state index is 0.0510. The van der Waals surface area contributed by atoms with Crippen molar-refractivity contribution < 1.29 is 4.79 Å². The molecule has 2 heterocycles. The van der Waals surface area contributed by atoms with Gasteiger partial charge < -0.3 is 4.90 Å². The Bertz CT molecular complexity index is 794. The molecule has 0 unspecified atom stereocenters. The second-order valence-electron chi connectivity index (χ2n) is 5.98. The smallest absolute Gasteiger partial charge is 0.233 e. The Morgan fingerprint density at radius 2 is 2.33 bits per heavy atom. The van der Waals surface area contributed by atoms with Crippen LogP contribution in [0.1, 0.15) is 34.4 Å². The largest absolute Gasteiger partial charge is 0.341 e. The summed E-state index contributed by atoms with van der Waals surface area (Å²) in [6.45, 7) is 2.61. The lowest BCUT2D eigenvalue weighted by Gasteiger charge is -2.17. The average molecular weight is 358 g/mol. The molecule has 4 nitrogen and oxygen atoms in total. The molecule has 0 spiro atoms. The number of carbonyl (C=O) groups is 1. The molecule has 0 radical (unpaired) electrons. The zero-order valence-electron chi connectivity index (χ0n) is 13.8. The number of rotatable bonds is 5. The number of thioether (sulfide) groups is 1. The van der Waals surface area contributed by atoms with Crippen molar-refractivity contribution in [2.75, 3.05) is 12.8 Å². The summed E-state index contributed by atoms with van der Waals surface area (Å²) in [6, 6.07) is 4.30. The molecule has 1 amide bonds. The molecule has 0 saturated carbocycles. The molecule has 2 aromatic rings. The monoisotopic (exact) mass is 357 g/mol. The van der Waals surface area contributed by atoms with Crippen LogP contribution in [0.2, 0.25) is 0 Å². The Morgan fingerprint density at radius 1 is 1.50 bits per heavy atom. The average Bonchev–Trinajstić information content (AvgIpc) is 3.24. The van der Waals surface area contributed by atoms with Gasteiger partial charge in [0.15, 0.2) is 0 Å². The highest BCUT2D eigenvalue weighted by atomic mass is 32.2. The molecule has 0 saturated heterocycles. The first kappa shape index (κ1) is 17.0. The summed E-state index contributed by atoms with van der Waals surface area (Å²) in [5.41, 5.74) is 5.16. The van der Waals surface area contributed by atoms with Gasteiger partial charge in [0.1, 0.15) is 11.1 Å². The van der Waals surface area contributed by atoms with Gasteiger partial charge in [-0.1, -0.05) is 11.8 Å². The van der Waals surface area contributed by atoms with E-state index >= 15 is 0 Å². The maximum Gasteiger partial charge on any atom is 0.233 e. The third-order valence-electron chi connectivity index (χ3n) is 4.34. The van der Waals surface area contributed by atoms with Crippen LogP contribution in [-0.4, -0.2) is 28.6 Å². The fraction of sp³-hybridized carbons (Fsp3) is 0.389. The molecule has 0 bridgehead atoms. The van der Waals surface area contributed by atoms with Crippen LogP contribution < -0.4 is 0 Å². The number of carbonyl (C=O) groups excluding carboxylic acids is 1. The zero-order valence-corrected chi connectivity index (χ0v) is 15.5. The topological polar surface area (TPSA) is 57.0 Å². The van der Waals surface area contributed by atoms with Gasteiger partial charge in [0, 0.05) is 19.3 Å². The summed E-state index contributed by atoms with van der Waals surface area (Å²) >= 11 is 3.01. The van der Waals surface area contributed by atoms with E-state index in [-0.39, 0.29) is 5.91 Å². The number of hydrogen-bond acceptors (Lipinski definition) is 5. The van der Waals surface area contributed by atoms with Crippen LogP contribution in [0.15, 0.2) is 21.9 Å². The van der Waals surface area contributed by atoms with Crippen LogP contribution in [0.5, 0.6) is 0 Å². The van der Waals surface area contributed by atoms with Gasteiger partial charge in [-0.25, -0.2) is 4.98 Å². The first-order chi connectivity index (χ1) is 11.6. The lowest BCUT2D eigenvalue weighted by molar-refractivity contribution is -0.127. The van der Waals surface area contributed by atoms with Gasteiger partial charge in [0.2, 0.25) is 5.91 Å². The van der Waals surface area contributed by atoms with E-state index in [4.69, 9.17) is 0 Å². The van der Waals surface area contributed by atoms with Crippen molar-refractivity contribution in [2.45, 2.75) is 37.8 Å². The first-order valence-electron chi connectivity index (χ1n) is 7.90. The summed E-state index contributed by atoms with van der Waals surface area (Å²) in [5.74, 6) is 0.357. The van der Waals surface area contributed by atoms with Gasteiger partial charge in [0.05, 0.1) is 11.3 Å². The summed E-state index contributed by atoms with van der Waals surface area (Å²) in [5, 5.41) is 14.2. The number of pyridine rings is 1. The number of thiophene rings is 1. The molecular formula is C18H19N3OS2. The fourth-order valence-corrected chi connectivity index (χ4v) is 4.62.